The monoisotopic (exact) mass is 289 g/mol. The van der Waals surface area contributed by atoms with Gasteiger partial charge in [0.25, 0.3) is 0 Å². The number of piperidine rings is 1. The van der Waals surface area contributed by atoms with Gasteiger partial charge in [0.05, 0.1) is 0 Å². The molecule has 1 aromatic heterocycles. The number of rotatable bonds is 5. The quantitative estimate of drug-likeness (QED) is 0.882. The lowest BCUT2D eigenvalue weighted by Gasteiger charge is -2.38. The molecule has 0 spiro atoms. The summed E-state index contributed by atoms with van der Waals surface area (Å²) in [6.07, 6.45) is 5.66. The molecule has 118 valence electrons. The van der Waals surface area contributed by atoms with E-state index in [1.165, 1.54) is 31.5 Å². The molecule has 2 heterocycles. The molecule has 0 aliphatic carbocycles. The molecular weight excluding hydrogens is 258 g/mol. The second-order valence-electron chi connectivity index (χ2n) is 7.35. The predicted octanol–water partition coefficient (Wildman–Crippen LogP) is 4.16. The van der Waals surface area contributed by atoms with Crippen molar-refractivity contribution in [2.24, 2.45) is 11.3 Å². The first-order valence-corrected chi connectivity index (χ1v) is 8.41. The fourth-order valence-electron chi connectivity index (χ4n) is 3.17. The zero-order valence-electron chi connectivity index (χ0n) is 14.2. The summed E-state index contributed by atoms with van der Waals surface area (Å²) >= 11 is 0. The predicted molar refractivity (Wildman–Crippen MR) is 90.5 cm³/mol. The lowest BCUT2D eigenvalue weighted by atomic mass is 9.75. The molecular formula is C18H31N3. The fourth-order valence-corrected chi connectivity index (χ4v) is 3.17. The van der Waals surface area contributed by atoms with Crippen LogP contribution in [0.15, 0.2) is 18.3 Å². The van der Waals surface area contributed by atoms with Crippen molar-refractivity contribution in [3.63, 3.8) is 0 Å². The van der Waals surface area contributed by atoms with Crippen LogP contribution in [0.1, 0.15) is 52.5 Å². The van der Waals surface area contributed by atoms with Gasteiger partial charge >= 0.3 is 0 Å². The molecule has 1 fully saturated rings. The minimum Gasteiger partial charge on any atom is -0.370 e. The van der Waals surface area contributed by atoms with Gasteiger partial charge in [0.1, 0.15) is 5.82 Å². The second kappa shape index (κ2) is 7.26. The van der Waals surface area contributed by atoms with Crippen LogP contribution < -0.4 is 5.32 Å². The van der Waals surface area contributed by atoms with Gasteiger partial charge in [-0.3, -0.25) is 4.90 Å². The Bertz CT molecular complexity index is 428. The molecule has 3 nitrogen and oxygen atoms in total. The lowest BCUT2D eigenvalue weighted by molar-refractivity contribution is 0.108. The molecule has 2 rings (SSSR count). The SMILES string of the molecule is CCCNc1ncccc1CN1CCC(C(C)(C)C)CC1. The largest absolute Gasteiger partial charge is 0.370 e. The average molecular weight is 289 g/mol. The van der Waals surface area contributed by atoms with Gasteiger partial charge in [-0.05, 0) is 49.8 Å². The number of hydrogen-bond donors (Lipinski definition) is 1. The number of likely N-dealkylation sites (tertiary alicyclic amines) is 1. The summed E-state index contributed by atoms with van der Waals surface area (Å²) in [7, 11) is 0. The van der Waals surface area contributed by atoms with Crippen LogP contribution in [0.2, 0.25) is 0 Å². The van der Waals surface area contributed by atoms with E-state index in [0.29, 0.717) is 5.41 Å². The van der Waals surface area contributed by atoms with Gasteiger partial charge in [-0.1, -0.05) is 33.8 Å². The Morgan fingerprint density at radius 2 is 2.00 bits per heavy atom. The highest BCUT2D eigenvalue weighted by atomic mass is 15.1. The van der Waals surface area contributed by atoms with E-state index in [1.54, 1.807) is 0 Å². The average Bonchev–Trinajstić information content (AvgIpc) is 2.46. The molecule has 1 aliphatic rings. The summed E-state index contributed by atoms with van der Waals surface area (Å²) < 4.78 is 0. The molecule has 1 N–H and O–H groups in total. The van der Waals surface area contributed by atoms with Gasteiger partial charge < -0.3 is 5.32 Å². The van der Waals surface area contributed by atoms with E-state index in [9.17, 15) is 0 Å². The molecule has 1 aliphatic heterocycles. The standard InChI is InChI=1S/C18H31N3/c1-5-10-19-17-15(7-6-11-20-17)14-21-12-8-16(9-13-21)18(2,3)4/h6-7,11,16H,5,8-10,12-14H2,1-4H3,(H,19,20). The van der Waals surface area contributed by atoms with Gasteiger partial charge in [-0.25, -0.2) is 4.98 Å². The minimum atomic E-state index is 0.453. The Hall–Kier alpha value is -1.09. The molecule has 21 heavy (non-hydrogen) atoms. The third-order valence-electron chi connectivity index (χ3n) is 4.64. The van der Waals surface area contributed by atoms with Crippen molar-refractivity contribution in [1.29, 1.82) is 0 Å². The molecule has 0 unspecified atom stereocenters. The van der Waals surface area contributed by atoms with E-state index in [0.717, 1.165) is 31.2 Å². The molecule has 0 aromatic carbocycles. The minimum absolute atomic E-state index is 0.453. The van der Waals surface area contributed by atoms with E-state index in [4.69, 9.17) is 0 Å². The summed E-state index contributed by atoms with van der Waals surface area (Å²) in [5, 5.41) is 3.45. The molecule has 3 heteroatoms. The zero-order chi connectivity index (χ0) is 15.3. The number of nitrogens with zero attached hydrogens (tertiary/aromatic N) is 2. The Morgan fingerprint density at radius 1 is 1.29 bits per heavy atom. The van der Waals surface area contributed by atoms with Gasteiger partial charge in [-0.15, -0.1) is 0 Å². The second-order valence-corrected chi connectivity index (χ2v) is 7.35. The van der Waals surface area contributed by atoms with E-state index in [2.05, 4.69) is 49.0 Å². The van der Waals surface area contributed by atoms with E-state index < -0.39 is 0 Å². The number of pyridine rings is 1. The van der Waals surface area contributed by atoms with Gasteiger partial charge in [0.2, 0.25) is 0 Å². The Labute approximate surface area is 130 Å². The highest BCUT2D eigenvalue weighted by molar-refractivity contribution is 5.43. The Kier molecular flexibility index (Phi) is 5.63. The summed E-state index contributed by atoms with van der Waals surface area (Å²) in [4.78, 5) is 7.08. The first-order chi connectivity index (χ1) is 10.0. The Morgan fingerprint density at radius 3 is 2.62 bits per heavy atom. The first kappa shape index (κ1) is 16.3. The Balaban J connectivity index is 1.91. The molecule has 0 bridgehead atoms. The summed E-state index contributed by atoms with van der Waals surface area (Å²) in [5.41, 5.74) is 1.79. The van der Waals surface area contributed by atoms with Crippen molar-refractivity contribution in [2.45, 2.75) is 53.5 Å². The van der Waals surface area contributed by atoms with Crippen molar-refractivity contribution in [2.75, 3.05) is 25.0 Å². The first-order valence-electron chi connectivity index (χ1n) is 8.41. The van der Waals surface area contributed by atoms with Gasteiger partial charge in [0.15, 0.2) is 0 Å². The van der Waals surface area contributed by atoms with Crippen LogP contribution in [0, 0.1) is 11.3 Å². The highest BCUT2D eigenvalue weighted by Gasteiger charge is 2.28. The maximum absolute atomic E-state index is 4.50. The van der Waals surface area contributed by atoms with Crippen molar-refractivity contribution >= 4 is 5.82 Å². The van der Waals surface area contributed by atoms with Gasteiger partial charge in [-0.2, -0.15) is 0 Å². The highest BCUT2D eigenvalue weighted by Crippen LogP contribution is 2.34. The normalized spacial score (nSPS) is 17.9. The van der Waals surface area contributed by atoms with Crippen molar-refractivity contribution in [3.05, 3.63) is 23.9 Å². The summed E-state index contributed by atoms with van der Waals surface area (Å²) in [5.74, 6) is 1.93. The van der Waals surface area contributed by atoms with Crippen LogP contribution in [0.5, 0.6) is 0 Å². The van der Waals surface area contributed by atoms with E-state index in [-0.39, 0.29) is 0 Å². The van der Waals surface area contributed by atoms with Crippen LogP contribution in [0.4, 0.5) is 5.82 Å². The third-order valence-corrected chi connectivity index (χ3v) is 4.64. The summed E-state index contributed by atoms with van der Waals surface area (Å²) in [6, 6.07) is 4.26. The lowest BCUT2D eigenvalue weighted by Crippen LogP contribution is -2.37. The van der Waals surface area contributed by atoms with Crippen LogP contribution in [0.3, 0.4) is 0 Å². The number of nitrogens with one attached hydrogen (secondary N) is 1. The van der Waals surface area contributed by atoms with Crippen LogP contribution >= 0.6 is 0 Å². The van der Waals surface area contributed by atoms with Crippen LogP contribution in [-0.4, -0.2) is 29.5 Å². The topological polar surface area (TPSA) is 28.2 Å². The summed E-state index contributed by atoms with van der Waals surface area (Å²) in [6.45, 7) is 13.8. The molecule has 0 saturated carbocycles. The van der Waals surface area contributed by atoms with Crippen molar-refractivity contribution in [3.8, 4) is 0 Å². The van der Waals surface area contributed by atoms with Crippen molar-refractivity contribution < 1.29 is 0 Å². The molecule has 0 radical (unpaired) electrons. The smallest absolute Gasteiger partial charge is 0.130 e. The van der Waals surface area contributed by atoms with Crippen LogP contribution in [-0.2, 0) is 6.54 Å². The third kappa shape index (κ3) is 4.70. The van der Waals surface area contributed by atoms with Crippen LogP contribution in [0.25, 0.3) is 0 Å². The molecule has 0 amide bonds. The number of aromatic nitrogens is 1. The van der Waals surface area contributed by atoms with E-state index in [1.807, 2.05) is 12.3 Å². The van der Waals surface area contributed by atoms with E-state index >= 15 is 0 Å². The maximum Gasteiger partial charge on any atom is 0.130 e. The number of anilines is 1. The zero-order valence-corrected chi connectivity index (χ0v) is 14.2. The molecule has 1 saturated heterocycles. The number of hydrogen-bond acceptors (Lipinski definition) is 3. The van der Waals surface area contributed by atoms with Gasteiger partial charge in [0, 0.05) is 24.8 Å². The van der Waals surface area contributed by atoms with Crippen molar-refractivity contribution in [1.82, 2.24) is 9.88 Å². The maximum atomic E-state index is 4.50. The fraction of sp³-hybridized carbons (Fsp3) is 0.722. The molecule has 0 atom stereocenters. The molecule has 1 aromatic rings.